The highest BCUT2D eigenvalue weighted by atomic mass is 79.9. The van der Waals surface area contributed by atoms with Crippen LogP contribution in [0.2, 0.25) is 0 Å². The highest BCUT2D eigenvalue weighted by Crippen LogP contribution is 2.14. The largest absolute Gasteiger partial charge is 0.353 e. The molecular formula is C24H49BrO2. The quantitative estimate of drug-likeness (QED) is 0.0881. The summed E-state index contributed by atoms with van der Waals surface area (Å²) in [5.41, 5.74) is 0. The van der Waals surface area contributed by atoms with Crippen molar-refractivity contribution in [2.75, 3.05) is 18.5 Å². The van der Waals surface area contributed by atoms with Gasteiger partial charge in [0.2, 0.25) is 0 Å². The molecule has 0 aromatic rings. The Morgan fingerprint density at radius 1 is 0.519 bits per heavy atom. The number of ether oxygens (including phenoxy) is 2. The monoisotopic (exact) mass is 448 g/mol. The molecule has 0 spiro atoms. The highest BCUT2D eigenvalue weighted by Gasteiger charge is 2.09. The van der Waals surface area contributed by atoms with E-state index >= 15 is 0 Å². The van der Waals surface area contributed by atoms with Gasteiger partial charge in [-0.2, -0.15) is 0 Å². The summed E-state index contributed by atoms with van der Waals surface area (Å²) in [6.45, 7) is 6.28. The van der Waals surface area contributed by atoms with E-state index in [0.717, 1.165) is 25.0 Å². The lowest BCUT2D eigenvalue weighted by Gasteiger charge is -2.19. The van der Waals surface area contributed by atoms with Gasteiger partial charge in [-0.1, -0.05) is 113 Å². The van der Waals surface area contributed by atoms with E-state index in [-0.39, 0.29) is 6.29 Å². The van der Waals surface area contributed by atoms with Crippen molar-refractivity contribution in [2.24, 2.45) is 0 Å². The Bertz CT molecular complexity index is 245. The minimum absolute atomic E-state index is 0.0377. The van der Waals surface area contributed by atoms with Gasteiger partial charge < -0.3 is 9.47 Å². The average molecular weight is 450 g/mol. The van der Waals surface area contributed by atoms with Crippen LogP contribution in [0.15, 0.2) is 0 Å². The Kier molecular flexibility index (Phi) is 24.8. The van der Waals surface area contributed by atoms with Crippen LogP contribution in [0.4, 0.5) is 0 Å². The van der Waals surface area contributed by atoms with Crippen molar-refractivity contribution < 1.29 is 9.47 Å². The maximum absolute atomic E-state index is 6.08. The number of halogens is 1. The van der Waals surface area contributed by atoms with Crippen molar-refractivity contribution in [3.63, 3.8) is 0 Å². The number of unbranched alkanes of at least 4 members (excludes halogenated alkanes) is 14. The molecule has 0 rings (SSSR count). The molecule has 0 aliphatic rings. The van der Waals surface area contributed by atoms with E-state index in [9.17, 15) is 0 Å². The van der Waals surface area contributed by atoms with Crippen molar-refractivity contribution in [1.82, 2.24) is 0 Å². The zero-order chi connectivity index (χ0) is 19.8. The second kappa shape index (κ2) is 24.4. The predicted molar refractivity (Wildman–Crippen MR) is 124 cm³/mol. The molecule has 2 nitrogen and oxygen atoms in total. The van der Waals surface area contributed by atoms with E-state index < -0.39 is 0 Å². The van der Waals surface area contributed by atoms with Crippen molar-refractivity contribution >= 4 is 15.9 Å². The lowest BCUT2D eigenvalue weighted by molar-refractivity contribution is -0.148. The van der Waals surface area contributed by atoms with Crippen molar-refractivity contribution in [3.8, 4) is 0 Å². The molecule has 0 aromatic carbocycles. The Hall–Kier alpha value is 0.400. The van der Waals surface area contributed by atoms with Crippen LogP contribution in [0.1, 0.15) is 129 Å². The molecule has 0 aromatic heterocycles. The fraction of sp³-hybridized carbons (Fsp3) is 1.00. The van der Waals surface area contributed by atoms with Gasteiger partial charge in [0.15, 0.2) is 6.29 Å². The number of hydrogen-bond acceptors (Lipinski definition) is 2. The molecule has 0 saturated carbocycles. The average Bonchev–Trinajstić information content (AvgIpc) is 2.68. The fourth-order valence-corrected chi connectivity index (χ4v) is 3.74. The molecule has 3 heteroatoms. The fourth-order valence-electron chi connectivity index (χ4n) is 3.34. The Labute approximate surface area is 179 Å². The van der Waals surface area contributed by atoms with Crippen LogP contribution in [0.25, 0.3) is 0 Å². The van der Waals surface area contributed by atoms with Crippen LogP contribution in [-0.4, -0.2) is 24.8 Å². The second-order valence-electron chi connectivity index (χ2n) is 7.95. The van der Waals surface area contributed by atoms with Crippen LogP contribution in [0.3, 0.4) is 0 Å². The molecular weight excluding hydrogens is 400 g/mol. The standard InChI is InChI=1S/C24H49BrO2/c1-3-5-7-14-18-22-26-24(27-23-19-15-8-6-4-2)20-16-12-10-9-11-13-17-21-25/h24H,3-23H2,1-2H3. The first-order valence-corrected chi connectivity index (χ1v) is 13.3. The minimum atomic E-state index is 0.0377. The van der Waals surface area contributed by atoms with E-state index in [1.54, 1.807) is 0 Å². The Morgan fingerprint density at radius 3 is 1.41 bits per heavy atom. The summed E-state index contributed by atoms with van der Waals surface area (Å²) in [6.07, 6.45) is 23.5. The summed E-state index contributed by atoms with van der Waals surface area (Å²) in [5.74, 6) is 0. The molecule has 164 valence electrons. The first kappa shape index (κ1) is 27.4. The van der Waals surface area contributed by atoms with Crippen LogP contribution in [-0.2, 0) is 9.47 Å². The molecule has 27 heavy (non-hydrogen) atoms. The summed E-state index contributed by atoms with van der Waals surface area (Å²) >= 11 is 3.51. The van der Waals surface area contributed by atoms with E-state index in [1.807, 2.05) is 0 Å². The SMILES string of the molecule is CCCCCCCOC(CCCCCCCCCBr)OCCCCCCC. The van der Waals surface area contributed by atoms with Gasteiger partial charge in [-0.25, -0.2) is 0 Å². The maximum atomic E-state index is 6.08. The van der Waals surface area contributed by atoms with E-state index in [2.05, 4.69) is 29.8 Å². The molecule has 0 N–H and O–H groups in total. The molecule has 0 amide bonds. The van der Waals surface area contributed by atoms with Gasteiger partial charge >= 0.3 is 0 Å². The van der Waals surface area contributed by atoms with E-state index in [1.165, 1.54) is 109 Å². The lowest BCUT2D eigenvalue weighted by Crippen LogP contribution is -2.19. The molecule has 0 radical (unpaired) electrons. The van der Waals surface area contributed by atoms with Gasteiger partial charge in [0, 0.05) is 18.5 Å². The van der Waals surface area contributed by atoms with E-state index in [0.29, 0.717) is 0 Å². The second-order valence-corrected chi connectivity index (χ2v) is 8.75. The predicted octanol–water partition coefficient (Wildman–Crippen LogP) is 8.80. The molecule has 0 aliphatic heterocycles. The number of hydrogen-bond donors (Lipinski definition) is 0. The Balaban J connectivity index is 3.77. The molecule has 0 aliphatic carbocycles. The first-order valence-electron chi connectivity index (χ1n) is 12.1. The van der Waals surface area contributed by atoms with Gasteiger partial charge in [-0.3, -0.25) is 0 Å². The van der Waals surface area contributed by atoms with Gasteiger partial charge in [-0.05, 0) is 32.1 Å². The third-order valence-corrected chi connectivity index (χ3v) is 5.74. The summed E-state index contributed by atoms with van der Waals surface area (Å²) in [6, 6.07) is 0. The smallest absolute Gasteiger partial charge is 0.157 e. The van der Waals surface area contributed by atoms with Crippen molar-refractivity contribution in [1.29, 1.82) is 0 Å². The Morgan fingerprint density at radius 2 is 0.926 bits per heavy atom. The van der Waals surface area contributed by atoms with Crippen molar-refractivity contribution in [3.05, 3.63) is 0 Å². The zero-order valence-electron chi connectivity index (χ0n) is 18.6. The van der Waals surface area contributed by atoms with Crippen LogP contribution >= 0.6 is 15.9 Å². The first-order chi connectivity index (χ1) is 13.3. The summed E-state index contributed by atoms with van der Waals surface area (Å²) in [4.78, 5) is 0. The van der Waals surface area contributed by atoms with Crippen molar-refractivity contribution in [2.45, 2.75) is 136 Å². The lowest BCUT2D eigenvalue weighted by atomic mass is 10.1. The molecule has 0 atom stereocenters. The van der Waals surface area contributed by atoms with Gasteiger partial charge in [0.1, 0.15) is 0 Å². The summed E-state index contributed by atoms with van der Waals surface area (Å²) in [7, 11) is 0. The number of rotatable bonds is 23. The van der Waals surface area contributed by atoms with Gasteiger partial charge in [0.05, 0.1) is 0 Å². The van der Waals surface area contributed by atoms with Gasteiger partial charge in [-0.15, -0.1) is 0 Å². The number of alkyl halides is 1. The molecule has 0 bridgehead atoms. The molecule has 0 saturated heterocycles. The third-order valence-electron chi connectivity index (χ3n) is 5.18. The zero-order valence-corrected chi connectivity index (χ0v) is 20.2. The normalized spacial score (nSPS) is 11.6. The topological polar surface area (TPSA) is 18.5 Å². The highest BCUT2D eigenvalue weighted by molar-refractivity contribution is 9.09. The third kappa shape index (κ3) is 22.6. The maximum Gasteiger partial charge on any atom is 0.157 e. The summed E-state index contributed by atoms with van der Waals surface area (Å²) in [5, 5.41) is 1.15. The summed E-state index contributed by atoms with van der Waals surface area (Å²) < 4.78 is 12.2. The molecule has 0 fully saturated rings. The molecule has 0 heterocycles. The van der Waals surface area contributed by atoms with E-state index in [4.69, 9.17) is 9.47 Å². The van der Waals surface area contributed by atoms with Gasteiger partial charge in [0.25, 0.3) is 0 Å². The minimum Gasteiger partial charge on any atom is -0.353 e. The van der Waals surface area contributed by atoms with Crippen LogP contribution in [0, 0.1) is 0 Å². The van der Waals surface area contributed by atoms with Crippen LogP contribution in [0.5, 0.6) is 0 Å². The van der Waals surface area contributed by atoms with Crippen LogP contribution < -0.4 is 0 Å². The molecule has 0 unspecified atom stereocenters.